The molecular weight excluding hydrogens is 515 g/mol. The molecule has 0 spiro atoms. The van der Waals surface area contributed by atoms with Gasteiger partial charge >= 0.3 is 0 Å². The number of hydrogen-bond acceptors (Lipinski definition) is 5. The molecule has 0 aliphatic heterocycles. The normalized spacial score (nSPS) is 12.1. The second kappa shape index (κ2) is 10.8. The van der Waals surface area contributed by atoms with Gasteiger partial charge in [0.05, 0.1) is 24.8 Å². The van der Waals surface area contributed by atoms with Gasteiger partial charge in [-0.05, 0) is 42.3 Å². The molecule has 1 amide bonds. The average Bonchev–Trinajstić information content (AvgIpc) is 2.80. The maximum absolute atomic E-state index is 14.2. The molecule has 33 heavy (non-hydrogen) atoms. The largest absolute Gasteiger partial charge is 0.493 e. The molecule has 174 valence electrons. The summed E-state index contributed by atoms with van der Waals surface area (Å²) in [5.74, 6) is -0.773. The highest BCUT2D eigenvalue weighted by atomic mass is 79.9. The van der Waals surface area contributed by atoms with Gasteiger partial charge in [-0.1, -0.05) is 46.3 Å². The molecule has 0 aliphatic carbocycles. The molecule has 0 saturated heterocycles. The lowest BCUT2D eigenvalue weighted by atomic mass is 10.1. The summed E-state index contributed by atoms with van der Waals surface area (Å²) < 4.78 is 53.7. The Hall–Kier alpha value is -2.95. The SMILES string of the molecule is COc1ccc(S(=O)(=O)N[C@@H](Cc2ccccc2)C(=O)Nc2ccc(Br)cc2F)cc1OC. The predicted molar refractivity (Wildman–Crippen MR) is 127 cm³/mol. The van der Waals surface area contributed by atoms with Crippen LogP contribution in [0.5, 0.6) is 11.5 Å². The molecule has 0 aromatic heterocycles. The van der Waals surface area contributed by atoms with E-state index in [0.29, 0.717) is 10.2 Å². The summed E-state index contributed by atoms with van der Waals surface area (Å²) >= 11 is 3.16. The predicted octanol–water partition coefficient (Wildman–Crippen LogP) is 4.13. The summed E-state index contributed by atoms with van der Waals surface area (Å²) in [6.07, 6.45) is 0.0529. The van der Waals surface area contributed by atoms with Gasteiger partial charge in [0, 0.05) is 10.5 Å². The van der Waals surface area contributed by atoms with Gasteiger partial charge in [-0.2, -0.15) is 4.72 Å². The van der Waals surface area contributed by atoms with Crippen LogP contribution in [-0.2, 0) is 21.2 Å². The molecule has 3 aromatic rings. The fourth-order valence-electron chi connectivity index (χ4n) is 3.09. The third-order valence-corrected chi connectivity index (χ3v) is 6.71. The molecule has 0 bridgehead atoms. The highest BCUT2D eigenvalue weighted by Gasteiger charge is 2.27. The lowest BCUT2D eigenvalue weighted by Gasteiger charge is -2.19. The Bertz CT molecular complexity index is 1240. The van der Waals surface area contributed by atoms with Crippen molar-refractivity contribution in [3.63, 3.8) is 0 Å². The smallest absolute Gasteiger partial charge is 0.242 e. The van der Waals surface area contributed by atoms with Gasteiger partial charge in [0.2, 0.25) is 15.9 Å². The molecule has 0 aliphatic rings. The monoisotopic (exact) mass is 536 g/mol. The molecule has 0 radical (unpaired) electrons. The highest BCUT2D eigenvalue weighted by molar-refractivity contribution is 9.10. The maximum Gasteiger partial charge on any atom is 0.242 e. The topological polar surface area (TPSA) is 93.7 Å². The van der Waals surface area contributed by atoms with E-state index in [1.165, 1.54) is 44.6 Å². The number of carbonyl (C=O) groups is 1. The number of anilines is 1. The van der Waals surface area contributed by atoms with Crippen molar-refractivity contribution in [2.24, 2.45) is 0 Å². The van der Waals surface area contributed by atoms with Crippen molar-refractivity contribution in [3.05, 3.63) is 82.6 Å². The van der Waals surface area contributed by atoms with Gasteiger partial charge in [0.1, 0.15) is 11.9 Å². The van der Waals surface area contributed by atoms with Crippen molar-refractivity contribution in [1.29, 1.82) is 0 Å². The first-order valence-electron chi connectivity index (χ1n) is 9.77. The number of halogens is 2. The number of amides is 1. The number of nitrogens with one attached hydrogen (secondary N) is 2. The van der Waals surface area contributed by atoms with Crippen molar-refractivity contribution >= 4 is 37.5 Å². The highest BCUT2D eigenvalue weighted by Crippen LogP contribution is 2.29. The number of rotatable bonds is 9. The van der Waals surface area contributed by atoms with Crippen LogP contribution >= 0.6 is 15.9 Å². The first-order chi connectivity index (χ1) is 15.7. The molecule has 7 nitrogen and oxygen atoms in total. The van der Waals surface area contributed by atoms with Gasteiger partial charge in [0.15, 0.2) is 11.5 Å². The van der Waals surface area contributed by atoms with Crippen LogP contribution in [0.3, 0.4) is 0 Å². The van der Waals surface area contributed by atoms with Crippen LogP contribution in [0.2, 0.25) is 0 Å². The van der Waals surface area contributed by atoms with Crippen molar-refractivity contribution in [2.75, 3.05) is 19.5 Å². The molecule has 0 unspecified atom stereocenters. The summed E-state index contributed by atoms with van der Waals surface area (Å²) in [5, 5.41) is 2.47. The van der Waals surface area contributed by atoms with E-state index < -0.39 is 27.8 Å². The Morgan fingerprint density at radius 3 is 2.33 bits per heavy atom. The second-order valence-electron chi connectivity index (χ2n) is 6.99. The van der Waals surface area contributed by atoms with Crippen molar-refractivity contribution in [3.8, 4) is 11.5 Å². The zero-order chi connectivity index (χ0) is 24.0. The van der Waals surface area contributed by atoms with Crippen LogP contribution in [0.25, 0.3) is 0 Å². The minimum Gasteiger partial charge on any atom is -0.493 e. The first-order valence-corrected chi connectivity index (χ1v) is 12.1. The number of ether oxygens (including phenoxy) is 2. The fraction of sp³-hybridized carbons (Fsp3) is 0.174. The molecular formula is C23H22BrFN2O5S. The average molecular weight is 537 g/mol. The van der Waals surface area contributed by atoms with Crippen LogP contribution in [0.4, 0.5) is 10.1 Å². The quantitative estimate of drug-likeness (QED) is 0.428. The van der Waals surface area contributed by atoms with Crippen LogP contribution in [-0.4, -0.2) is 34.6 Å². The van der Waals surface area contributed by atoms with E-state index in [0.717, 1.165) is 5.56 Å². The number of sulfonamides is 1. The van der Waals surface area contributed by atoms with E-state index in [1.807, 2.05) is 6.07 Å². The van der Waals surface area contributed by atoms with Crippen LogP contribution in [0, 0.1) is 5.82 Å². The second-order valence-corrected chi connectivity index (χ2v) is 9.62. The van der Waals surface area contributed by atoms with Gasteiger partial charge in [-0.15, -0.1) is 0 Å². The van der Waals surface area contributed by atoms with Crippen LogP contribution in [0.15, 0.2) is 76.1 Å². The first kappa shape index (κ1) is 24.7. The van der Waals surface area contributed by atoms with Crippen LogP contribution < -0.4 is 19.5 Å². The van der Waals surface area contributed by atoms with Gasteiger partial charge in [-0.25, -0.2) is 12.8 Å². The molecule has 0 heterocycles. The Morgan fingerprint density at radius 2 is 1.70 bits per heavy atom. The molecule has 2 N–H and O–H groups in total. The van der Waals surface area contributed by atoms with Crippen molar-refractivity contribution in [2.45, 2.75) is 17.4 Å². The number of benzene rings is 3. The molecule has 10 heteroatoms. The molecule has 0 fully saturated rings. The number of carbonyl (C=O) groups excluding carboxylic acids is 1. The van der Waals surface area contributed by atoms with E-state index in [-0.39, 0.29) is 22.8 Å². The summed E-state index contributed by atoms with van der Waals surface area (Å²) in [6.45, 7) is 0. The maximum atomic E-state index is 14.2. The van der Waals surface area contributed by atoms with Crippen molar-refractivity contribution in [1.82, 2.24) is 4.72 Å². The van der Waals surface area contributed by atoms with Gasteiger partial charge < -0.3 is 14.8 Å². The zero-order valence-electron chi connectivity index (χ0n) is 17.8. The van der Waals surface area contributed by atoms with E-state index in [4.69, 9.17) is 9.47 Å². The molecule has 3 rings (SSSR count). The Balaban J connectivity index is 1.91. The summed E-state index contributed by atoms with van der Waals surface area (Å²) in [5.41, 5.74) is 0.663. The molecule has 3 aromatic carbocycles. The number of hydrogen-bond donors (Lipinski definition) is 2. The third kappa shape index (κ3) is 6.31. The zero-order valence-corrected chi connectivity index (χ0v) is 20.2. The lowest BCUT2D eigenvalue weighted by molar-refractivity contribution is -0.117. The van der Waals surface area contributed by atoms with Crippen LogP contribution in [0.1, 0.15) is 5.56 Å². The number of methoxy groups -OCH3 is 2. The Morgan fingerprint density at radius 1 is 1.00 bits per heavy atom. The minimum atomic E-state index is -4.14. The van der Waals surface area contributed by atoms with Crippen molar-refractivity contribution < 1.29 is 27.1 Å². The lowest BCUT2D eigenvalue weighted by Crippen LogP contribution is -2.45. The Labute approximate surface area is 200 Å². The standard InChI is InChI=1S/C23H22BrFN2O5S/c1-31-21-11-9-17(14-22(21)32-2)33(29,30)27-20(12-15-6-4-3-5-7-15)23(28)26-19-10-8-16(24)13-18(19)25/h3-11,13-14,20,27H,12H2,1-2H3,(H,26,28)/t20-/m0/s1. The summed E-state index contributed by atoms with van der Waals surface area (Å²) in [4.78, 5) is 12.9. The molecule has 1 atom stereocenters. The van der Waals surface area contributed by atoms with E-state index in [9.17, 15) is 17.6 Å². The van der Waals surface area contributed by atoms with Gasteiger partial charge in [-0.3, -0.25) is 4.79 Å². The molecule has 0 saturated carbocycles. The third-order valence-electron chi connectivity index (χ3n) is 4.75. The van der Waals surface area contributed by atoms with E-state index >= 15 is 0 Å². The fourth-order valence-corrected chi connectivity index (χ4v) is 4.63. The Kier molecular flexibility index (Phi) is 8.06. The summed E-state index contributed by atoms with van der Waals surface area (Å²) in [6, 6.07) is 15.9. The van der Waals surface area contributed by atoms with E-state index in [1.54, 1.807) is 30.3 Å². The van der Waals surface area contributed by atoms with Gasteiger partial charge in [0.25, 0.3) is 0 Å². The summed E-state index contributed by atoms with van der Waals surface area (Å²) in [7, 11) is -1.31. The minimum absolute atomic E-state index is 0.0529. The van der Waals surface area contributed by atoms with E-state index in [2.05, 4.69) is 26.0 Å².